The lowest BCUT2D eigenvalue weighted by atomic mass is 9.54. The molecule has 2 rings (SSSR count). The maximum atomic E-state index is 12.0. The first-order chi connectivity index (χ1) is 9.01. The van der Waals surface area contributed by atoms with Gasteiger partial charge in [-0.05, 0) is 57.8 Å². The van der Waals surface area contributed by atoms with Crippen molar-refractivity contribution in [3.63, 3.8) is 0 Å². The molecule has 4 nitrogen and oxygen atoms in total. The van der Waals surface area contributed by atoms with Crippen LogP contribution < -0.4 is 5.73 Å². The maximum Gasteiger partial charge on any atom is 0.410 e. The first kappa shape index (κ1) is 15.6. The number of carbonyl (C=O) groups excluding carboxylic acids is 1. The molecule has 116 valence electrons. The second-order valence-corrected chi connectivity index (χ2v) is 8.49. The minimum Gasteiger partial charge on any atom is -0.444 e. The molecule has 2 aliphatic rings. The molecule has 0 aromatic heterocycles. The molecule has 0 unspecified atom stereocenters. The van der Waals surface area contributed by atoms with Gasteiger partial charge < -0.3 is 15.4 Å². The molecular weight excluding hydrogens is 252 g/mol. The van der Waals surface area contributed by atoms with Crippen molar-refractivity contribution in [1.82, 2.24) is 4.90 Å². The standard InChI is InChI=1S/C16H30N2O2/c1-14(2,3)20-13(19)18-8-6-12(7-9-18)16(17)10-15(4,5)11-16/h12H,6-11,17H2,1-5H3. The molecule has 0 bridgehead atoms. The van der Waals surface area contributed by atoms with Crippen LogP contribution in [-0.4, -0.2) is 35.2 Å². The third-order valence-electron chi connectivity index (χ3n) is 4.58. The van der Waals surface area contributed by atoms with E-state index >= 15 is 0 Å². The fourth-order valence-electron chi connectivity index (χ4n) is 3.98. The van der Waals surface area contributed by atoms with Gasteiger partial charge in [-0.3, -0.25) is 0 Å². The quantitative estimate of drug-likeness (QED) is 0.803. The average Bonchev–Trinajstić information content (AvgIpc) is 2.24. The Kier molecular flexibility index (Phi) is 3.83. The van der Waals surface area contributed by atoms with Crippen LogP contribution in [0.5, 0.6) is 0 Å². The summed E-state index contributed by atoms with van der Waals surface area (Å²) in [6.45, 7) is 11.8. The van der Waals surface area contributed by atoms with Crippen LogP contribution in [0.4, 0.5) is 4.79 Å². The van der Waals surface area contributed by atoms with E-state index < -0.39 is 5.60 Å². The summed E-state index contributed by atoms with van der Waals surface area (Å²) >= 11 is 0. The van der Waals surface area contributed by atoms with E-state index in [0.29, 0.717) is 11.3 Å². The molecule has 1 aliphatic carbocycles. The van der Waals surface area contributed by atoms with Crippen LogP contribution in [-0.2, 0) is 4.74 Å². The summed E-state index contributed by atoms with van der Waals surface area (Å²) in [6, 6.07) is 0. The van der Waals surface area contributed by atoms with Crippen LogP contribution >= 0.6 is 0 Å². The van der Waals surface area contributed by atoms with E-state index in [2.05, 4.69) is 13.8 Å². The Hall–Kier alpha value is -0.770. The van der Waals surface area contributed by atoms with Crippen molar-refractivity contribution in [2.75, 3.05) is 13.1 Å². The molecular formula is C16H30N2O2. The normalized spacial score (nSPS) is 26.0. The van der Waals surface area contributed by atoms with Gasteiger partial charge in [-0.25, -0.2) is 4.79 Å². The summed E-state index contributed by atoms with van der Waals surface area (Å²) in [5.74, 6) is 0.550. The highest BCUT2D eigenvalue weighted by Gasteiger charge is 2.51. The molecule has 1 saturated carbocycles. The summed E-state index contributed by atoms with van der Waals surface area (Å²) in [7, 11) is 0. The second-order valence-electron chi connectivity index (χ2n) is 8.49. The highest BCUT2D eigenvalue weighted by molar-refractivity contribution is 5.68. The minimum atomic E-state index is -0.416. The Labute approximate surface area is 123 Å². The Morgan fingerprint density at radius 2 is 1.70 bits per heavy atom. The predicted octanol–water partition coefficient (Wildman–Crippen LogP) is 3.15. The second kappa shape index (κ2) is 4.90. The van der Waals surface area contributed by atoms with Crippen molar-refractivity contribution < 1.29 is 9.53 Å². The number of hydrogen-bond acceptors (Lipinski definition) is 3. The third-order valence-corrected chi connectivity index (χ3v) is 4.58. The fraction of sp³-hybridized carbons (Fsp3) is 0.938. The summed E-state index contributed by atoms with van der Waals surface area (Å²) < 4.78 is 5.43. The lowest BCUT2D eigenvalue weighted by Gasteiger charge is -2.56. The van der Waals surface area contributed by atoms with Crippen LogP contribution in [0.3, 0.4) is 0 Å². The van der Waals surface area contributed by atoms with E-state index in [1.807, 2.05) is 25.7 Å². The number of piperidine rings is 1. The smallest absolute Gasteiger partial charge is 0.410 e. The SMILES string of the molecule is CC1(C)CC(N)(C2CCN(C(=O)OC(C)(C)C)CC2)C1. The number of rotatable bonds is 1. The number of amides is 1. The number of carbonyl (C=O) groups is 1. The zero-order valence-electron chi connectivity index (χ0n) is 13.7. The molecule has 20 heavy (non-hydrogen) atoms. The maximum absolute atomic E-state index is 12.0. The van der Waals surface area contributed by atoms with Crippen molar-refractivity contribution in [1.29, 1.82) is 0 Å². The van der Waals surface area contributed by atoms with Crippen molar-refractivity contribution in [3.8, 4) is 0 Å². The Morgan fingerprint density at radius 3 is 2.10 bits per heavy atom. The van der Waals surface area contributed by atoms with Crippen molar-refractivity contribution in [2.45, 2.75) is 71.4 Å². The topological polar surface area (TPSA) is 55.6 Å². The van der Waals surface area contributed by atoms with Gasteiger partial charge in [0.2, 0.25) is 0 Å². The molecule has 0 aromatic carbocycles. The molecule has 0 spiro atoms. The van der Waals surface area contributed by atoms with Gasteiger partial charge in [0.15, 0.2) is 0 Å². The van der Waals surface area contributed by atoms with Gasteiger partial charge in [0.25, 0.3) is 0 Å². The van der Waals surface area contributed by atoms with E-state index in [9.17, 15) is 4.79 Å². The summed E-state index contributed by atoms with van der Waals surface area (Å²) in [5.41, 5.74) is 6.53. The van der Waals surface area contributed by atoms with E-state index in [1.54, 1.807) is 0 Å². The molecule has 0 aromatic rings. The van der Waals surface area contributed by atoms with Gasteiger partial charge in [0, 0.05) is 18.6 Å². The fourth-order valence-corrected chi connectivity index (χ4v) is 3.98. The summed E-state index contributed by atoms with van der Waals surface area (Å²) in [4.78, 5) is 13.9. The molecule has 0 radical (unpaired) electrons. The van der Waals surface area contributed by atoms with Crippen molar-refractivity contribution >= 4 is 6.09 Å². The van der Waals surface area contributed by atoms with Gasteiger partial charge in [0.05, 0.1) is 0 Å². The monoisotopic (exact) mass is 282 g/mol. The number of likely N-dealkylation sites (tertiary alicyclic amines) is 1. The van der Waals surface area contributed by atoms with E-state index in [1.165, 1.54) is 0 Å². The highest BCUT2D eigenvalue weighted by Crippen LogP contribution is 2.52. The third kappa shape index (κ3) is 3.46. The summed E-state index contributed by atoms with van der Waals surface area (Å²) in [5, 5.41) is 0. The Balaban J connectivity index is 1.83. The van der Waals surface area contributed by atoms with Gasteiger partial charge in [-0.15, -0.1) is 0 Å². The first-order valence-electron chi connectivity index (χ1n) is 7.78. The van der Waals surface area contributed by atoms with E-state index in [-0.39, 0.29) is 11.6 Å². The molecule has 0 atom stereocenters. The lowest BCUT2D eigenvalue weighted by Crippen LogP contribution is -2.62. The number of nitrogens with zero attached hydrogens (tertiary/aromatic N) is 1. The highest BCUT2D eigenvalue weighted by atomic mass is 16.6. The molecule has 2 fully saturated rings. The summed E-state index contributed by atoms with van der Waals surface area (Å²) in [6.07, 6.45) is 4.04. The zero-order valence-corrected chi connectivity index (χ0v) is 13.7. The minimum absolute atomic E-state index is 0.00349. The molecule has 4 heteroatoms. The zero-order chi connectivity index (χ0) is 15.2. The average molecular weight is 282 g/mol. The van der Waals surface area contributed by atoms with E-state index in [4.69, 9.17) is 10.5 Å². The van der Waals surface area contributed by atoms with Gasteiger partial charge in [-0.1, -0.05) is 13.8 Å². The predicted molar refractivity (Wildman–Crippen MR) is 80.5 cm³/mol. The van der Waals surface area contributed by atoms with Crippen molar-refractivity contribution in [2.24, 2.45) is 17.1 Å². The molecule has 1 amide bonds. The van der Waals surface area contributed by atoms with Crippen LogP contribution in [0.1, 0.15) is 60.3 Å². The van der Waals surface area contributed by atoms with Gasteiger partial charge >= 0.3 is 6.09 Å². The van der Waals surface area contributed by atoms with Gasteiger partial charge in [0.1, 0.15) is 5.60 Å². The van der Waals surface area contributed by atoms with Crippen LogP contribution in [0, 0.1) is 11.3 Å². The largest absolute Gasteiger partial charge is 0.444 e. The first-order valence-corrected chi connectivity index (χ1v) is 7.78. The molecule has 2 N–H and O–H groups in total. The lowest BCUT2D eigenvalue weighted by molar-refractivity contribution is -0.0185. The van der Waals surface area contributed by atoms with Crippen LogP contribution in [0.2, 0.25) is 0 Å². The van der Waals surface area contributed by atoms with E-state index in [0.717, 1.165) is 38.8 Å². The number of nitrogens with two attached hydrogens (primary N) is 1. The Morgan fingerprint density at radius 1 is 1.20 bits per heavy atom. The molecule has 1 saturated heterocycles. The molecule has 1 heterocycles. The number of hydrogen-bond donors (Lipinski definition) is 1. The Bertz CT molecular complexity index is 368. The van der Waals surface area contributed by atoms with Crippen LogP contribution in [0.15, 0.2) is 0 Å². The van der Waals surface area contributed by atoms with Crippen LogP contribution in [0.25, 0.3) is 0 Å². The molecule has 1 aliphatic heterocycles. The number of ether oxygens (including phenoxy) is 1. The van der Waals surface area contributed by atoms with Crippen molar-refractivity contribution in [3.05, 3.63) is 0 Å². The van der Waals surface area contributed by atoms with Gasteiger partial charge in [-0.2, -0.15) is 0 Å².